The molecule has 0 aliphatic heterocycles. The molecule has 0 saturated heterocycles. The summed E-state index contributed by atoms with van der Waals surface area (Å²) in [6.07, 6.45) is 2.32. The normalized spacial score (nSPS) is 16.5. The molecule has 0 amide bonds. The van der Waals surface area contributed by atoms with Crippen LogP contribution in [0.4, 0.5) is 17.6 Å². The molecule has 1 N–H and O–H groups in total. The van der Waals surface area contributed by atoms with E-state index in [0.717, 1.165) is 38.0 Å². The number of ether oxygens (including phenoxy) is 1. The first-order valence-corrected chi connectivity index (χ1v) is 9.40. The van der Waals surface area contributed by atoms with Gasteiger partial charge in [-0.15, -0.1) is 0 Å². The summed E-state index contributed by atoms with van der Waals surface area (Å²) in [5, 5.41) is 7.36. The second kappa shape index (κ2) is 8.11. The third kappa shape index (κ3) is 4.32. The van der Waals surface area contributed by atoms with Crippen LogP contribution in [0.1, 0.15) is 43.9 Å². The van der Waals surface area contributed by atoms with Crippen molar-refractivity contribution in [1.29, 1.82) is 0 Å². The van der Waals surface area contributed by atoms with Crippen LogP contribution in [0.3, 0.4) is 0 Å². The van der Waals surface area contributed by atoms with Gasteiger partial charge >= 0.3 is 0 Å². The van der Waals surface area contributed by atoms with Gasteiger partial charge in [0.2, 0.25) is 5.88 Å². The van der Waals surface area contributed by atoms with Crippen LogP contribution in [-0.4, -0.2) is 22.8 Å². The van der Waals surface area contributed by atoms with E-state index in [1.54, 1.807) is 13.1 Å². The summed E-state index contributed by atoms with van der Waals surface area (Å²) in [4.78, 5) is 0. The van der Waals surface area contributed by atoms with Gasteiger partial charge in [-0.2, -0.15) is 5.10 Å². The second-order valence-electron chi connectivity index (χ2n) is 7.56. The molecule has 28 heavy (non-hydrogen) atoms. The number of aromatic nitrogens is 2. The zero-order chi connectivity index (χ0) is 20.4. The van der Waals surface area contributed by atoms with Gasteiger partial charge < -0.3 is 10.1 Å². The Morgan fingerprint density at radius 3 is 2.57 bits per heavy atom. The molecule has 1 saturated carbocycles. The lowest BCUT2D eigenvalue weighted by Gasteiger charge is -2.35. The van der Waals surface area contributed by atoms with Crippen LogP contribution in [0, 0.1) is 17.0 Å². The highest BCUT2D eigenvalue weighted by molar-refractivity contribution is 5.21. The Morgan fingerprint density at radius 2 is 1.93 bits per heavy atom. The van der Waals surface area contributed by atoms with Gasteiger partial charge in [0.1, 0.15) is 18.2 Å². The number of hydrogen-bond donors (Lipinski definition) is 1. The Labute approximate surface area is 161 Å². The molecule has 1 aromatic heterocycles. The standard InChI is InChI=1S/C20H25F4N3O/c1-19(23,24)20(7-3-4-8-20)13-27-18(10-16(26-27)11-25-2)28-12-14-9-15(21)5-6-17(14)22/h5-6,9-10,25H,3-4,7-8,11-13H2,1-2H3. The number of hydrogen-bond acceptors (Lipinski definition) is 3. The maximum Gasteiger partial charge on any atom is 0.252 e. The number of nitrogens with zero attached hydrogens (tertiary/aromatic N) is 2. The van der Waals surface area contributed by atoms with E-state index in [1.807, 2.05) is 0 Å². The van der Waals surface area contributed by atoms with Gasteiger partial charge in [0.05, 0.1) is 17.7 Å². The van der Waals surface area contributed by atoms with Crippen LogP contribution in [0.2, 0.25) is 0 Å². The van der Waals surface area contributed by atoms with Crippen LogP contribution >= 0.6 is 0 Å². The first-order chi connectivity index (χ1) is 13.2. The van der Waals surface area contributed by atoms with Gasteiger partial charge in [0.15, 0.2) is 0 Å². The molecule has 8 heteroatoms. The smallest absolute Gasteiger partial charge is 0.252 e. The molecule has 0 spiro atoms. The Bertz CT molecular complexity index is 810. The van der Waals surface area contributed by atoms with Crippen LogP contribution in [0.25, 0.3) is 0 Å². The van der Waals surface area contributed by atoms with E-state index in [9.17, 15) is 17.6 Å². The van der Waals surface area contributed by atoms with Gasteiger partial charge in [-0.1, -0.05) is 12.8 Å². The van der Waals surface area contributed by atoms with Crippen molar-refractivity contribution in [3.63, 3.8) is 0 Å². The lowest BCUT2D eigenvalue weighted by Crippen LogP contribution is -2.40. The molecule has 0 unspecified atom stereocenters. The molecule has 1 heterocycles. The van der Waals surface area contributed by atoms with Crippen molar-refractivity contribution in [3.8, 4) is 5.88 Å². The molecular weight excluding hydrogens is 374 g/mol. The lowest BCUT2D eigenvalue weighted by atomic mass is 9.80. The van der Waals surface area contributed by atoms with Crippen molar-refractivity contribution in [1.82, 2.24) is 15.1 Å². The van der Waals surface area contributed by atoms with Gasteiger partial charge in [0, 0.05) is 18.2 Å². The molecule has 1 aliphatic rings. The molecule has 0 atom stereocenters. The van der Waals surface area contributed by atoms with Gasteiger partial charge in [-0.25, -0.2) is 22.2 Å². The molecule has 1 aliphatic carbocycles. The minimum Gasteiger partial charge on any atom is -0.473 e. The van der Waals surface area contributed by atoms with E-state index in [1.165, 1.54) is 4.68 Å². The van der Waals surface area contributed by atoms with Crippen molar-refractivity contribution < 1.29 is 22.3 Å². The van der Waals surface area contributed by atoms with Gasteiger partial charge in [0.25, 0.3) is 5.92 Å². The van der Waals surface area contributed by atoms with E-state index in [-0.39, 0.29) is 24.6 Å². The lowest BCUT2D eigenvalue weighted by molar-refractivity contribution is -0.114. The second-order valence-corrected chi connectivity index (χ2v) is 7.56. The fraction of sp³-hybridized carbons (Fsp3) is 0.550. The zero-order valence-electron chi connectivity index (χ0n) is 16.1. The summed E-state index contributed by atoms with van der Waals surface area (Å²) in [6, 6.07) is 4.76. The van der Waals surface area contributed by atoms with Crippen molar-refractivity contribution in [2.45, 2.75) is 58.2 Å². The third-order valence-electron chi connectivity index (χ3n) is 5.48. The van der Waals surface area contributed by atoms with Crippen LogP contribution in [-0.2, 0) is 19.7 Å². The number of rotatable bonds is 8. The van der Waals surface area contributed by atoms with Crippen molar-refractivity contribution in [2.24, 2.45) is 5.41 Å². The Balaban J connectivity index is 1.85. The van der Waals surface area contributed by atoms with Crippen LogP contribution < -0.4 is 10.1 Å². The first-order valence-electron chi connectivity index (χ1n) is 9.40. The van der Waals surface area contributed by atoms with E-state index in [0.29, 0.717) is 25.1 Å². The van der Waals surface area contributed by atoms with Crippen LogP contribution in [0.5, 0.6) is 5.88 Å². The van der Waals surface area contributed by atoms with Crippen molar-refractivity contribution in [2.75, 3.05) is 7.05 Å². The zero-order valence-corrected chi connectivity index (χ0v) is 16.1. The molecule has 4 nitrogen and oxygen atoms in total. The van der Waals surface area contributed by atoms with Crippen LogP contribution in [0.15, 0.2) is 24.3 Å². The molecule has 3 rings (SSSR count). The number of benzene rings is 1. The molecule has 0 radical (unpaired) electrons. The number of halogens is 4. The maximum atomic E-state index is 14.4. The Kier molecular flexibility index (Phi) is 5.98. The summed E-state index contributed by atoms with van der Waals surface area (Å²) >= 11 is 0. The average Bonchev–Trinajstić information content (AvgIpc) is 3.24. The van der Waals surface area contributed by atoms with Crippen molar-refractivity contribution in [3.05, 3.63) is 47.2 Å². The molecule has 1 aromatic carbocycles. The fourth-order valence-corrected chi connectivity index (χ4v) is 3.83. The van der Waals surface area contributed by atoms with Gasteiger partial charge in [-0.3, -0.25) is 0 Å². The summed E-state index contributed by atoms with van der Waals surface area (Å²) in [5.41, 5.74) is -0.498. The quantitative estimate of drug-likeness (QED) is 0.656. The average molecular weight is 399 g/mol. The topological polar surface area (TPSA) is 39.1 Å². The van der Waals surface area contributed by atoms with E-state index < -0.39 is 23.0 Å². The monoisotopic (exact) mass is 399 g/mol. The molecule has 0 bridgehead atoms. The summed E-state index contributed by atoms with van der Waals surface area (Å²) in [6.45, 7) is 1.19. The summed E-state index contributed by atoms with van der Waals surface area (Å²) in [5.74, 6) is -3.75. The molecule has 1 fully saturated rings. The summed E-state index contributed by atoms with van der Waals surface area (Å²) in [7, 11) is 1.75. The van der Waals surface area contributed by atoms with E-state index >= 15 is 0 Å². The maximum absolute atomic E-state index is 14.4. The fourth-order valence-electron chi connectivity index (χ4n) is 3.83. The Morgan fingerprint density at radius 1 is 1.21 bits per heavy atom. The third-order valence-corrected chi connectivity index (χ3v) is 5.48. The predicted molar refractivity (Wildman–Crippen MR) is 97.2 cm³/mol. The van der Waals surface area contributed by atoms with E-state index in [2.05, 4.69) is 10.4 Å². The minimum absolute atomic E-state index is 0.0151. The minimum atomic E-state index is -2.86. The highest BCUT2D eigenvalue weighted by Crippen LogP contribution is 2.50. The highest BCUT2D eigenvalue weighted by atomic mass is 19.3. The molecule has 2 aromatic rings. The largest absolute Gasteiger partial charge is 0.473 e. The molecule has 154 valence electrons. The predicted octanol–water partition coefficient (Wildman–Crippen LogP) is 4.68. The highest BCUT2D eigenvalue weighted by Gasteiger charge is 2.52. The SMILES string of the molecule is CNCc1cc(OCc2cc(F)ccc2F)n(CC2(C(C)(F)F)CCCC2)n1. The molecular formula is C20H25F4N3O. The van der Waals surface area contributed by atoms with Crippen molar-refractivity contribution >= 4 is 0 Å². The number of nitrogens with one attached hydrogen (secondary N) is 1. The van der Waals surface area contributed by atoms with Gasteiger partial charge in [-0.05, 0) is 45.0 Å². The summed E-state index contributed by atoms with van der Waals surface area (Å²) < 4.78 is 63.2. The number of alkyl halides is 2. The van der Waals surface area contributed by atoms with E-state index in [4.69, 9.17) is 4.74 Å². The Hall–Kier alpha value is -2.09. The first kappa shape index (κ1) is 20.6.